The molecule has 4 nitrogen and oxygen atoms in total. The summed E-state index contributed by atoms with van der Waals surface area (Å²) < 4.78 is 0.990. The van der Waals surface area contributed by atoms with Crippen LogP contribution >= 0.6 is 15.9 Å². The van der Waals surface area contributed by atoms with Crippen LogP contribution in [0.3, 0.4) is 0 Å². The lowest BCUT2D eigenvalue weighted by Gasteiger charge is -2.22. The smallest absolute Gasteiger partial charge is 0.238 e. The summed E-state index contributed by atoms with van der Waals surface area (Å²) in [5, 5.41) is 11.9. The lowest BCUT2D eigenvalue weighted by molar-refractivity contribution is -0.117. The van der Waals surface area contributed by atoms with Gasteiger partial charge in [-0.25, -0.2) is 0 Å². The van der Waals surface area contributed by atoms with Gasteiger partial charge in [0.15, 0.2) is 0 Å². The van der Waals surface area contributed by atoms with Crippen molar-refractivity contribution in [3.63, 3.8) is 0 Å². The van der Waals surface area contributed by atoms with Gasteiger partial charge in [0.25, 0.3) is 0 Å². The fourth-order valence-corrected chi connectivity index (χ4v) is 1.95. The molecule has 1 atom stereocenters. The van der Waals surface area contributed by atoms with Gasteiger partial charge in [-0.1, -0.05) is 15.9 Å². The maximum absolute atomic E-state index is 11.8. The Morgan fingerprint density at radius 2 is 2.22 bits per heavy atom. The Kier molecular flexibility index (Phi) is 5.78. The molecule has 0 aliphatic rings. The third-order valence-corrected chi connectivity index (χ3v) is 3.37. The molecular weight excluding hydrogens is 296 g/mol. The van der Waals surface area contributed by atoms with E-state index in [1.165, 1.54) is 0 Å². The SMILES string of the molecule is Cc1cc(Br)ccc1NC(=O)CN(C)C(C)CO. The standard InChI is InChI=1S/C13H19BrN2O2/c1-9-6-11(14)4-5-12(9)15-13(18)7-16(3)10(2)8-17/h4-6,10,17H,7-8H2,1-3H3,(H,15,18). The molecule has 1 amide bonds. The van der Waals surface area contributed by atoms with Crippen LogP contribution in [0.5, 0.6) is 0 Å². The number of nitrogens with one attached hydrogen (secondary N) is 1. The number of rotatable bonds is 5. The van der Waals surface area contributed by atoms with E-state index in [2.05, 4.69) is 21.2 Å². The van der Waals surface area contributed by atoms with Gasteiger partial charge in [-0.15, -0.1) is 0 Å². The molecule has 1 unspecified atom stereocenters. The van der Waals surface area contributed by atoms with E-state index in [0.717, 1.165) is 15.7 Å². The Balaban J connectivity index is 2.59. The first-order chi connectivity index (χ1) is 8.43. The van der Waals surface area contributed by atoms with E-state index in [-0.39, 0.29) is 25.1 Å². The van der Waals surface area contributed by atoms with Gasteiger partial charge < -0.3 is 10.4 Å². The van der Waals surface area contributed by atoms with Crippen molar-refractivity contribution in [2.75, 3.05) is 25.5 Å². The lowest BCUT2D eigenvalue weighted by Crippen LogP contribution is -2.38. The van der Waals surface area contributed by atoms with Crippen LogP contribution in [0.1, 0.15) is 12.5 Å². The Hall–Kier alpha value is -0.910. The first-order valence-electron chi connectivity index (χ1n) is 5.81. The largest absolute Gasteiger partial charge is 0.395 e. The normalized spacial score (nSPS) is 12.6. The van der Waals surface area contributed by atoms with Crippen LogP contribution < -0.4 is 5.32 Å². The second kappa shape index (κ2) is 6.87. The summed E-state index contributed by atoms with van der Waals surface area (Å²) in [5.41, 5.74) is 1.82. The molecule has 0 saturated heterocycles. The Labute approximate surface area is 116 Å². The van der Waals surface area contributed by atoms with Crippen LogP contribution in [0.4, 0.5) is 5.69 Å². The molecule has 5 heteroatoms. The summed E-state index contributed by atoms with van der Waals surface area (Å²) in [6, 6.07) is 5.69. The molecule has 0 heterocycles. The monoisotopic (exact) mass is 314 g/mol. The van der Waals surface area contributed by atoms with E-state index in [1.807, 2.05) is 44.0 Å². The van der Waals surface area contributed by atoms with E-state index < -0.39 is 0 Å². The summed E-state index contributed by atoms with van der Waals surface area (Å²) in [6.07, 6.45) is 0. The van der Waals surface area contributed by atoms with Crippen molar-refractivity contribution in [3.8, 4) is 0 Å². The fraction of sp³-hybridized carbons (Fsp3) is 0.462. The number of anilines is 1. The van der Waals surface area contributed by atoms with Gasteiger partial charge in [-0.2, -0.15) is 0 Å². The van der Waals surface area contributed by atoms with Crippen LogP contribution in [0, 0.1) is 6.92 Å². The Bertz CT molecular complexity index is 423. The van der Waals surface area contributed by atoms with Gasteiger partial charge in [0.2, 0.25) is 5.91 Å². The highest BCUT2D eigenvalue weighted by Crippen LogP contribution is 2.19. The van der Waals surface area contributed by atoms with Gasteiger partial charge in [0.1, 0.15) is 0 Å². The van der Waals surface area contributed by atoms with Gasteiger partial charge >= 0.3 is 0 Å². The lowest BCUT2D eigenvalue weighted by atomic mass is 10.2. The quantitative estimate of drug-likeness (QED) is 0.874. The number of aliphatic hydroxyl groups excluding tert-OH is 1. The number of likely N-dealkylation sites (N-methyl/N-ethyl adjacent to an activating group) is 1. The minimum Gasteiger partial charge on any atom is -0.395 e. The number of hydrogen-bond donors (Lipinski definition) is 2. The van der Waals surface area contributed by atoms with Crippen LogP contribution in [0.15, 0.2) is 22.7 Å². The van der Waals surface area contributed by atoms with Crippen molar-refractivity contribution in [1.82, 2.24) is 4.90 Å². The van der Waals surface area contributed by atoms with Crippen molar-refractivity contribution >= 4 is 27.5 Å². The average Bonchev–Trinajstić information content (AvgIpc) is 2.31. The molecule has 0 saturated carbocycles. The van der Waals surface area contributed by atoms with E-state index in [0.29, 0.717) is 0 Å². The van der Waals surface area contributed by atoms with Crippen molar-refractivity contribution < 1.29 is 9.90 Å². The topological polar surface area (TPSA) is 52.6 Å². The summed E-state index contributed by atoms with van der Waals surface area (Å²) in [6.45, 7) is 4.12. The number of aryl methyl sites for hydroxylation is 1. The molecule has 0 spiro atoms. The van der Waals surface area contributed by atoms with E-state index in [1.54, 1.807) is 0 Å². The predicted octanol–water partition coefficient (Wildman–Crippen LogP) is 2.01. The van der Waals surface area contributed by atoms with Gasteiger partial charge in [0, 0.05) is 16.2 Å². The minimum absolute atomic E-state index is 0.0261. The molecule has 0 aliphatic heterocycles. The van der Waals surface area contributed by atoms with Gasteiger partial charge in [0.05, 0.1) is 13.2 Å². The first-order valence-corrected chi connectivity index (χ1v) is 6.60. The summed E-state index contributed by atoms with van der Waals surface area (Å²) in [7, 11) is 1.81. The number of halogens is 1. The zero-order valence-electron chi connectivity index (χ0n) is 10.9. The van der Waals surface area contributed by atoms with Gasteiger partial charge in [-0.3, -0.25) is 9.69 Å². The molecule has 2 N–H and O–H groups in total. The molecule has 0 aromatic heterocycles. The van der Waals surface area contributed by atoms with Crippen molar-refractivity contribution in [2.24, 2.45) is 0 Å². The van der Waals surface area contributed by atoms with Crippen LogP contribution in [0.2, 0.25) is 0 Å². The van der Waals surface area contributed by atoms with Crippen LogP contribution in [-0.4, -0.2) is 42.2 Å². The average molecular weight is 315 g/mol. The van der Waals surface area contributed by atoms with Crippen molar-refractivity contribution in [1.29, 1.82) is 0 Å². The molecule has 18 heavy (non-hydrogen) atoms. The zero-order valence-corrected chi connectivity index (χ0v) is 12.5. The molecular formula is C13H19BrN2O2. The maximum atomic E-state index is 11.8. The number of carbonyl (C=O) groups is 1. The molecule has 1 aromatic rings. The molecule has 1 rings (SSSR count). The molecule has 0 aliphatic carbocycles. The van der Waals surface area contributed by atoms with E-state index in [9.17, 15) is 4.79 Å². The van der Waals surface area contributed by atoms with Crippen molar-refractivity contribution in [2.45, 2.75) is 19.9 Å². The zero-order chi connectivity index (χ0) is 13.7. The molecule has 0 fully saturated rings. The first kappa shape index (κ1) is 15.1. The predicted molar refractivity (Wildman–Crippen MR) is 76.7 cm³/mol. The number of nitrogens with zero attached hydrogens (tertiary/aromatic N) is 1. The highest BCUT2D eigenvalue weighted by molar-refractivity contribution is 9.10. The van der Waals surface area contributed by atoms with Crippen LogP contribution in [0.25, 0.3) is 0 Å². The Morgan fingerprint density at radius 3 is 2.78 bits per heavy atom. The molecule has 100 valence electrons. The summed E-state index contributed by atoms with van der Waals surface area (Å²) in [4.78, 5) is 13.6. The van der Waals surface area contributed by atoms with Crippen molar-refractivity contribution in [3.05, 3.63) is 28.2 Å². The molecule has 0 bridgehead atoms. The summed E-state index contributed by atoms with van der Waals surface area (Å²) >= 11 is 3.38. The van der Waals surface area contributed by atoms with Crippen LogP contribution in [-0.2, 0) is 4.79 Å². The number of carbonyl (C=O) groups excluding carboxylic acids is 1. The highest BCUT2D eigenvalue weighted by Gasteiger charge is 2.12. The second-order valence-corrected chi connectivity index (χ2v) is 5.37. The third kappa shape index (κ3) is 4.40. The Morgan fingerprint density at radius 1 is 1.56 bits per heavy atom. The maximum Gasteiger partial charge on any atom is 0.238 e. The molecule has 0 radical (unpaired) electrons. The highest BCUT2D eigenvalue weighted by atomic mass is 79.9. The number of benzene rings is 1. The number of aliphatic hydroxyl groups is 1. The summed E-state index contributed by atoms with van der Waals surface area (Å²) in [5.74, 6) is -0.0803. The molecule has 1 aromatic carbocycles. The number of hydrogen-bond acceptors (Lipinski definition) is 3. The number of amides is 1. The van der Waals surface area contributed by atoms with E-state index >= 15 is 0 Å². The third-order valence-electron chi connectivity index (χ3n) is 2.87. The second-order valence-electron chi connectivity index (χ2n) is 4.45. The fourth-order valence-electron chi connectivity index (χ4n) is 1.48. The van der Waals surface area contributed by atoms with E-state index in [4.69, 9.17) is 5.11 Å². The minimum atomic E-state index is -0.0803. The van der Waals surface area contributed by atoms with Gasteiger partial charge in [-0.05, 0) is 44.7 Å².